The molecule has 2 heterocycles. The van der Waals surface area contributed by atoms with Crippen molar-refractivity contribution in [3.05, 3.63) is 12.4 Å². The van der Waals surface area contributed by atoms with Crippen LogP contribution < -0.4 is 4.74 Å². The molecule has 1 amide bonds. The minimum Gasteiger partial charge on any atom is -0.483 e. The zero-order chi connectivity index (χ0) is 13.3. The molecule has 0 spiro atoms. The van der Waals surface area contributed by atoms with Crippen LogP contribution in [0.1, 0.15) is 20.8 Å². The number of carbonyl (C=O) groups excluding carboxylic acids is 1. The van der Waals surface area contributed by atoms with Crippen molar-refractivity contribution in [1.29, 1.82) is 0 Å². The second-order valence-corrected chi connectivity index (χ2v) is 5.47. The van der Waals surface area contributed by atoms with E-state index in [4.69, 9.17) is 9.47 Å². The molecule has 0 atom stereocenters. The van der Waals surface area contributed by atoms with E-state index in [0.717, 1.165) is 5.75 Å². The number of ether oxygens (including phenoxy) is 2. The minimum absolute atomic E-state index is 0.0294. The van der Waals surface area contributed by atoms with E-state index in [1.807, 2.05) is 27.8 Å². The zero-order valence-electron chi connectivity index (χ0n) is 11.2. The van der Waals surface area contributed by atoms with Gasteiger partial charge in [-0.15, -0.1) is 0 Å². The van der Waals surface area contributed by atoms with E-state index < -0.39 is 5.60 Å². The number of aromatic nitrogens is 2. The van der Waals surface area contributed by atoms with Crippen LogP contribution in [0, 0.1) is 0 Å². The Balaban J connectivity index is 1.75. The molecule has 0 radical (unpaired) electrons. The lowest BCUT2D eigenvalue weighted by molar-refractivity contribution is -0.0221. The van der Waals surface area contributed by atoms with Gasteiger partial charge in [-0.05, 0) is 20.8 Å². The average Bonchev–Trinajstić information content (AvgIpc) is 2.53. The number of nitrogens with zero attached hydrogens (tertiary/aromatic N) is 3. The topological polar surface area (TPSA) is 56.6 Å². The third-order valence-corrected chi connectivity index (χ3v) is 2.48. The highest BCUT2D eigenvalue weighted by atomic mass is 16.6. The fourth-order valence-corrected chi connectivity index (χ4v) is 1.64. The number of rotatable bonds is 2. The predicted molar refractivity (Wildman–Crippen MR) is 65.4 cm³/mol. The van der Waals surface area contributed by atoms with Crippen molar-refractivity contribution >= 4 is 6.09 Å². The van der Waals surface area contributed by atoms with E-state index in [1.165, 1.54) is 0 Å². The molecule has 1 fully saturated rings. The van der Waals surface area contributed by atoms with Gasteiger partial charge >= 0.3 is 6.09 Å². The van der Waals surface area contributed by atoms with Gasteiger partial charge in [0.1, 0.15) is 11.7 Å². The highest BCUT2D eigenvalue weighted by molar-refractivity contribution is 5.69. The molecule has 6 heteroatoms. The Labute approximate surface area is 106 Å². The van der Waals surface area contributed by atoms with Gasteiger partial charge in [-0.2, -0.15) is 5.10 Å². The van der Waals surface area contributed by atoms with Crippen molar-refractivity contribution in [3.8, 4) is 5.75 Å². The van der Waals surface area contributed by atoms with Crippen LogP contribution >= 0.6 is 0 Å². The maximum Gasteiger partial charge on any atom is 0.410 e. The van der Waals surface area contributed by atoms with E-state index >= 15 is 0 Å². The van der Waals surface area contributed by atoms with Gasteiger partial charge in [0.25, 0.3) is 0 Å². The molecule has 100 valence electrons. The Morgan fingerprint density at radius 1 is 1.44 bits per heavy atom. The first-order valence-electron chi connectivity index (χ1n) is 5.97. The number of amides is 1. The monoisotopic (exact) mass is 253 g/mol. The second kappa shape index (κ2) is 4.51. The van der Waals surface area contributed by atoms with E-state index in [2.05, 4.69) is 5.10 Å². The summed E-state index contributed by atoms with van der Waals surface area (Å²) >= 11 is 0. The van der Waals surface area contributed by atoms with E-state index in [-0.39, 0.29) is 12.2 Å². The smallest absolute Gasteiger partial charge is 0.410 e. The summed E-state index contributed by atoms with van der Waals surface area (Å²) in [5.74, 6) is 0.728. The summed E-state index contributed by atoms with van der Waals surface area (Å²) in [6.45, 7) is 6.69. The molecule has 1 aromatic heterocycles. The molecule has 0 aliphatic carbocycles. The molecule has 0 saturated carbocycles. The van der Waals surface area contributed by atoms with Crippen molar-refractivity contribution in [2.75, 3.05) is 13.1 Å². The minimum atomic E-state index is -0.452. The summed E-state index contributed by atoms with van der Waals surface area (Å²) in [4.78, 5) is 13.3. The first kappa shape index (κ1) is 12.7. The lowest BCUT2D eigenvalue weighted by atomic mass is 10.2. The maximum atomic E-state index is 11.7. The van der Waals surface area contributed by atoms with E-state index in [9.17, 15) is 4.79 Å². The number of likely N-dealkylation sites (tertiary alicyclic amines) is 1. The van der Waals surface area contributed by atoms with Gasteiger partial charge in [0.15, 0.2) is 5.75 Å². The Hall–Kier alpha value is -1.72. The largest absolute Gasteiger partial charge is 0.483 e. The van der Waals surface area contributed by atoms with Crippen LogP contribution in [0.15, 0.2) is 12.4 Å². The molecular weight excluding hydrogens is 234 g/mol. The average molecular weight is 253 g/mol. The molecule has 1 aliphatic rings. The normalized spacial score (nSPS) is 16.3. The van der Waals surface area contributed by atoms with Gasteiger partial charge in [-0.25, -0.2) is 4.79 Å². The summed E-state index contributed by atoms with van der Waals surface area (Å²) in [6, 6.07) is 0. The summed E-state index contributed by atoms with van der Waals surface area (Å²) in [6.07, 6.45) is 3.21. The van der Waals surface area contributed by atoms with Crippen LogP contribution in [-0.4, -0.2) is 45.6 Å². The molecule has 1 saturated heterocycles. The zero-order valence-corrected chi connectivity index (χ0v) is 11.2. The molecule has 0 N–H and O–H groups in total. The standard InChI is InChI=1S/C12H19N3O3/c1-12(2,3)18-11(16)15-7-10(8-15)17-9-5-13-14(4)6-9/h5-6,10H,7-8H2,1-4H3. The maximum absolute atomic E-state index is 11.7. The molecule has 0 aromatic carbocycles. The number of hydrogen-bond acceptors (Lipinski definition) is 4. The summed E-state index contributed by atoms with van der Waals surface area (Å²) in [5, 5.41) is 4.02. The molecule has 2 rings (SSSR count). The summed E-state index contributed by atoms with van der Waals surface area (Å²) < 4.78 is 12.6. The number of hydrogen-bond donors (Lipinski definition) is 0. The van der Waals surface area contributed by atoms with Gasteiger partial charge < -0.3 is 14.4 Å². The Kier molecular flexibility index (Phi) is 3.19. The fourth-order valence-electron chi connectivity index (χ4n) is 1.64. The Morgan fingerprint density at radius 3 is 2.61 bits per heavy atom. The van der Waals surface area contributed by atoms with Gasteiger partial charge in [-0.3, -0.25) is 4.68 Å². The van der Waals surface area contributed by atoms with Crippen molar-refractivity contribution in [2.45, 2.75) is 32.5 Å². The van der Waals surface area contributed by atoms with Crippen molar-refractivity contribution in [1.82, 2.24) is 14.7 Å². The van der Waals surface area contributed by atoms with Gasteiger partial charge in [-0.1, -0.05) is 0 Å². The van der Waals surface area contributed by atoms with Crippen LogP contribution in [-0.2, 0) is 11.8 Å². The van der Waals surface area contributed by atoms with Crippen LogP contribution in [0.25, 0.3) is 0 Å². The summed E-state index contributed by atoms with van der Waals surface area (Å²) in [7, 11) is 1.83. The molecule has 0 bridgehead atoms. The van der Waals surface area contributed by atoms with Crippen LogP contribution in [0.2, 0.25) is 0 Å². The SMILES string of the molecule is Cn1cc(OC2CN(C(=O)OC(C)(C)C)C2)cn1. The lowest BCUT2D eigenvalue weighted by Gasteiger charge is -2.39. The third-order valence-electron chi connectivity index (χ3n) is 2.48. The van der Waals surface area contributed by atoms with Crippen molar-refractivity contribution in [2.24, 2.45) is 7.05 Å². The number of aryl methyl sites for hydroxylation is 1. The second-order valence-electron chi connectivity index (χ2n) is 5.47. The van der Waals surface area contributed by atoms with Gasteiger partial charge in [0.2, 0.25) is 0 Å². The first-order valence-corrected chi connectivity index (χ1v) is 5.97. The Morgan fingerprint density at radius 2 is 2.11 bits per heavy atom. The highest BCUT2D eigenvalue weighted by Gasteiger charge is 2.35. The van der Waals surface area contributed by atoms with Crippen molar-refractivity contribution in [3.63, 3.8) is 0 Å². The molecule has 1 aromatic rings. The quantitative estimate of drug-likeness (QED) is 0.799. The predicted octanol–water partition coefficient (Wildman–Crippen LogP) is 1.42. The highest BCUT2D eigenvalue weighted by Crippen LogP contribution is 2.19. The molecule has 0 unspecified atom stereocenters. The van der Waals surface area contributed by atoms with Crippen LogP contribution in [0.5, 0.6) is 5.75 Å². The fraction of sp³-hybridized carbons (Fsp3) is 0.667. The van der Waals surface area contributed by atoms with Crippen LogP contribution in [0.3, 0.4) is 0 Å². The molecular formula is C12H19N3O3. The van der Waals surface area contributed by atoms with Gasteiger partial charge in [0.05, 0.1) is 25.5 Å². The van der Waals surface area contributed by atoms with Crippen molar-refractivity contribution < 1.29 is 14.3 Å². The molecule has 18 heavy (non-hydrogen) atoms. The molecule has 6 nitrogen and oxygen atoms in total. The van der Waals surface area contributed by atoms with Gasteiger partial charge in [0, 0.05) is 7.05 Å². The third kappa shape index (κ3) is 3.15. The lowest BCUT2D eigenvalue weighted by Crippen LogP contribution is -2.57. The number of carbonyl (C=O) groups is 1. The van der Waals surface area contributed by atoms with E-state index in [1.54, 1.807) is 22.0 Å². The summed E-state index contributed by atoms with van der Waals surface area (Å²) in [5.41, 5.74) is -0.452. The molecule has 1 aliphatic heterocycles. The van der Waals surface area contributed by atoms with Crippen LogP contribution in [0.4, 0.5) is 4.79 Å². The van der Waals surface area contributed by atoms with E-state index in [0.29, 0.717) is 13.1 Å². The Bertz CT molecular complexity index is 430. The first-order chi connectivity index (χ1) is 8.33.